The Morgan fingerprint density at radius 2 is 1.76 bits per heavy atom. The Labute approximate surface area is 149 Å². The van der Waals surface area contributed by atoms with Gasteiger partial charge in [0.25, 0.3) is 5.91 Å². The highest BCUT2D eigenvalue weighted by Gasteiger charge is 2.21. The highest BCUT2D eigenvalue weighted by atomic mass is 16.2. The molecule has 0 spiro atoms. The predicted molar refractivity (Wildman–Crippen MR) is 104 cm³/mol. The fourth-order valence-corrected chi connectivity index (χ4v) is 3.00. The van der Waals surface area contributed by atoms with Crippen molar-refractivity contribution in [2.45, 2.75) is 33.1 Å². The zero-order valence-corrected chi connectivity index (χ0v) is 15.3. The van der Waals surface area contributed by atoms with E-state index in [9.17, 15) is 4.79 Å². The van der Waals surface area contributed by atoms with Crippen molar-refractivity contribution in [2.75, 3.05) is 11.4 Å². The summed E-state index contributed by atoms with van der Waals surface area (Å²) in [5.74, 6) is 0.00625. The van der Waals surface area contributed by atoms with E-state index in [4.69, 9.17) is 0 Å². The van der Waals surface area contributed by atoms with Crippen LogP contribution in [0.1, 0.15) is 43.7 Å². The van der Waals surface area contributed by atoms with Gasteiger partial charge in [0.05, 0.1) is 5.69 Å². The lowest BCUT2D eigenvalue weighted by Crippen LogP contribution is -2.31. The van der Waals surface area contributed by atoms with Crippen LogP contribution >= 0.6 is 0 Å². The molecule has 2 aromatic carbocycles. The van der Waals surface area contributed by atoms with Gasteiger partial charge in [-0.25, -0.2) is 0 Å². The molecular formula is C22H24N2O. The third-order valence-corrected chi connectivity index (χ3v) is 4.39. The number of fused-ring (bicyclic) bond motifs is 1. The summed E-state index contributed by atoms with van der Waals surface area (Å²) in [6.45, 7) is 8.93. The molecule has 3 rings (SSSR count). The van der Waals surface area contributed by atoms with Crippen molar-refractivity contribution in [3.63, 3.8) is 0 Å². The van der Waals surface area contributed by atoms with Crippen molar-refractivity contribution in [3.05, 3.63) is 72.1 Å². The topological polar surface area (TPSA) is 33.2 Å². The average Bonchev–Trinajstić information content (AvgIpc) is 2.62. The number of anilines is 1. The maximum absolute atomic E-state index is 13.2. The molecule has 1 amide bonds. The number of pyridine rings is 1. The van der Waals surface area contributed by atoms with E-state index < -0.39 is 0 Å². The third kappa shape index (κ3) is 3.41. The van der Waals surface area contributed by atoms with Gasteiger partial charge in [0.15, 0.2) is 0 Å². The van der Waals surface area contributed by atoms with Gasteiger partial charge in [-0.05, 0) is 30.5 Å². The molecule has 3 heteroatoms. The Kier molecular flexibility index (Phi) is 4.58. The molecule has 25 heavy (non-hydrogen) atoms. The van der Waals surface area contributed by atoms with Crippen LogP contribution in [0.3, 0.4) is 0 Å². The number of carbonyl (C=O) groups excluding carboxylic acids is 1. The summed E-state index contributed by atoms with van der Waals surface area (Å²) in [6.07, 6.45) is 1.73. The minimum absolute atomic E-state index is 0.00625. The Morgan fingerprint density at radius 3 is 2.48 bits per heavy atom. The molecule has 0 fully saturated rings. The van der Waals surface area contributed by atoms with E-state index in [1.807, 2.05) is 42.2 Å². The fourth-order valence-electron chi connectivity index (χ4n) is 3.00. The number of rotatable bonds is 3. The lowest BCUT2D eigenvalue weighted by atomic mass is 9.90. The van der Waals surface area contributed by atoms with Crippen molar-refractivity contribution in [3.8, 4) is 0 Å². The third-order valence-electron chi connectivity index (χ3n) is 4.39. The molecule has 128 valence electrons. The zero-order chi connectivity index (χ0) is 18.0. The molecule has 0 saturated carbocycles. The van der Waals surface area contributed by atoms with Crippen LogP contribution in [0.15, 0.2) is 60.8 Å². The molecule has 0 radical (unpaired) electrons. The van der Waals surface area contributed by atoms with Gasteiger partial charge in [-0.3, -0.25) is 9.78 Å². The Bertz CT molecular complexity index is 904. The van der Waals surface area contributed by atoms with E-state index in [1.165, 1.54) is 0 Å². The van der Waals surface area contributed by atoms with Crippen LogP contribution in [-0.4, -0.2) is 17.4 Å². The maximum atomic E-state index is 13.2. The van der Waals surface area contributed by atoms with Crippen LogP contribution in [0.4, 0.5) is 5.69 Å². The highest BCUT2D eigenvalue weighted by Crippen LogP contribution is 2.28. The van der Waals surface area contributed by atoms with E-state index >= 15 is 0 Å². The summed E-state index contributed by atoms with van der Waals surface area (Å²) < 4.78 is 0. The number of aromatic nitrogens is 1. The molecular weight excluding hydrogens is 308 g/mol. The molecule has 3 aromatic rings. The van der Waals surface area contributed by atoms with Gasteiger partial charge in [0.1, 0.15) is 0 Å². The quantitative estimate of drug-likeness (QED) is 0.660. The monoisotopic (exact) mass is 332 g/mol. The first-order chi connectivity index (χ1) is 11.9. The van der Waals surface area contributed by atoms with Crippen molar-refractivity contribution in [2.24, 2.45) is 0 Å². The minimum atomic E-state index is -0.0905. The smallest absolute Gasteiger partial charge is 0.258 e. The lowest BCUT2D eigenvalue weighted by Gasteiger charge is -2.24. The van der Waals surface area contributed by atoms with Crippen molar-refractivity contribution in [1.82, 2.24) is 4.98 Å². The SMILES string of the molecule is CCN(C(=O)c1ccnc(C(C)(C)C)c1)c1cccc2ccccc12. The predicted octanol–water partition coefficient (Wildman–Crippen LogP) is 5.20. The number of amides is 1. The second kappa shape index (κ2) is 6.67. The summed E-state index contributed by atoms with van der Waals surface area (Å²) in [5.41, 5.74) is 2.45. The minimum Gasteiger partial charge on any atom is -0.308 e. The molecule has 1 heterocycles. The van der Waals surface area contributed by atoms with Crippen LogP contribution in [0.5, 0.6) is 0 Å². The molecule has 0 aliphatic heterocycles. The van der Waals surface area contributed by atoms with Gasteiger partial charge < -0.3 is 4.90 Å². The van der Waals surface area contributed by atoms with Crippen LogP contribution in [-0.2, 0) is 5.41 Å². The summed E-state index contributed by atoms with van der Waals surface area (Å²) in [6, 6.07) is 17.9. The van der Waals surface area contributed by atoms with Crippen molar-refractivity contribution < 1.29 is 4.79 Å². The van der Waals surface area contributed by atoms with E-state index in [-0.39, 0.29) is 11.3 Å². The summed E-state index contributed by atoms with van der Waals surface area (Å²) >= 11 is 0. The molecule has 0 atom stereocenters. The zero-order valence-electron chi connectivity index (χ0n) is 15.3. The van der Waals surface area contributed by atoms with Gasteiger partial charge in [-0.15, -0.1) is 0 Å². The second-order valence-electron chi connectivity index (χ2n) is 7.23. The second-order valence-corrected chi connectivity index (χ2v) is 7.23. The van der Waals surface area contributed by atoms with Crippen molar-refractivity contribution in [1.29, 1.82) is 0 Å². The standard InChI is InChI=1S/C22H24N2O/c1-5-24(19-12-8-10-16-9-6-7-11-18(16)19)21(25)17-13-14-23-20(15-17)22(2,3)4/h6-15H,5H2,1-4H3. The number of hydrogen-bond acceptors (Lipinski definition) is 2. The number of hydrogen-bond donors (Lipinski definition) is 0. The molecule has 1 aromatic heterocycles. The number of benzene rings is 2. The normalized spacial score (nSPS) is 11.5. The summed E-state index contributed by atoms with van der Waals surface area (Å²) in [7, 11) is 0. The van der Waals surface area contributed by atoms with Crippen LogP contribution in [0.2, 0.25) is 0 Å². The number of carbonyl (C=O) groups is 1. The first-order valence-electron chi connectivity index (χ1n) is 8.68. The first-order valence-corrected chi connectivity index (χ1v) is 8.68. The highest BCUT2D eigenvalue weighted by molar-refractivity contribution is 6.10. The molecule has 0 N–H and O–H groups in total. The van der Waals surface area contributed by atoms with Gasteiger partial charge in [-0.1, -0.05) is 57.2 Å². The number of nitrogens with zero attached hydrogens (tertiary/aromatic N) is 2. The van der Waals surface area contributed by atoms with E-state index in [1.54, 1.807) is 12.3 Å². The molecule has 0 bridgehead atoms. The van der Waals surface area contributed by atoms with Gasteiger partial charge >= 0.3 is 0 Å². The van der Waals surface area contributed by atoms with Crippen LogP contribution in [0.25, 0.3) is 10.8 Å². The van der Waals surface area contributed by atoms with Gasteiger partial charge in [0.2, 0.25) is 0 Å². The molecule has 0 unspecified atom stereocenters. The molecule has 0 aliphatic carbocycles. The van der Waals surface area contributed by atoms with Crippen LogP contribution in [0, 0.1) is 0 Å². The Balaban J connectivity index is 2.05. The van der Waals surface area contributed by atoms with E-state index in [0.717, 1.165) is 22.2 Å². The van der Waals surface area contributed by atoms with E-state index in [0.29, 0.717) is 12.1 Å². The van der Waals surface area contributed by atoms with Gasteiger partial charge in [-0.2, -0.15) is 0 Å². The largest absolute Gasteiger partial charge is 0.308 e. The van der Waals surface area contributed by atoms with Gasteiger partial charge in [0, 0.05) is 34.8 Å². The first kappa shape index (κ1) is 17.2. The van der Waals surface area contributed by atoms with Crippen LogP contribution < -0.4 is 4.90 Å². The lowest BCUT2D eigenvalue weighted by molar-refractivity contribution is 0.0988. The summed E-state index contributed by atoms with van der Waals surface area (Å²) in [4.78, 5) is 19.5. The fraction of sp³-hybridized carbons (Fsp3) is 0.273. The average molecular weight is 332 g/mol. The molecule has 0 saturated heterocycles. The molecule has 3 nitrogen and oxygen atoms in total. The molecule has 0 aliphatic rings. The summed E-state index contributed by atoms with van der Waals surface area (Å²) in [5, 5.41) is 2.22. The van der Waals surface area contributed by atoms with Crippen molar-refractivity contribution >= 4 is 22.4 Å². The Morgan fingerprint density at radius 1 is 1.04 bits per heavy atom. The maximum Gasteiger partial charge on any atom is 0.258 e. The van der Waals surface area contributed by atoms with E-state index in [2.05, 4.69) is 44.0 Å². The Hall–Kier alpha value is -2.68.